The van der Waals surface area contributed by atoms with Crippen LogP contribution in [0.5, 0.6) is 11.5 Å². The van der Waals surface area contributed by atoms with Gasteiger partial charge in [0.2, 0.25) is 0 Å². The van der Waals surface area contributed by atoms with Crippen LogP contribution in [0.15, 0.2) is 121 Å². The van der Waals surface area contributed by atoms with Gasteiger partial charge in [0, 0.05) is 27.8 Å². The summed E-state index contributed by atoms with van der Waals surface area (Å²) in [6, 6.07) is 44.8. The first-order valence-electron chi connectivity index (χ1n) is 15.1. The van der Waals surface area contributed by atoms with E-state index in [9.17, 15) is 30.9 Å². The summed E-state index contributed by atoms with van der Waals surface area (Å²) in [6.07, 6.45) is 0. The van der Waals surface area contributed by atoms with Gasteiger partial charge < -0.3 is 9.84 Å². The summed E-state index contributed by atoms with van der Waals surface area (Å²) in [4.78, 5) is 14.3. The second-order valence-corrected chi connectivity index (χ2v) is 11.2. The Labute approximate surface area is 280 Å². The van der Waals surface area contributed by atoms with Crippen molar-refractivity contribution in [2.24, 2.45) is 0 Å². The van der Waals surface area contributed by atoms with E-state index in [0.29, 0.717) is 38.6 Å². The molecule has 49 heavy (non-hydrogen) atoms. The van der Waals surface area contributed by atoms with Gasteiger partial charge in [0.25, 0.3) is 0 Å². The average Bonchev–Trinajstić information content (AvgIpc) is 3.48. The third-order valence-corrected chi connectivity index (χ3v) is 8.54. The average molecular weight is 630 g/mol. The highest BCUT2D eigenvalue weighted by Crippen LogP contribution is 2.52. The Hall–Kier alpha value is -7.58. The number of esters is 1. The van der Waals surface area contributed by atoms with Crippen LogP contribution in [0.3, 0.4) is 0 Å². The topological polar surface area (TPSA) is 142 Å². The fourth-order valence-electron chi connectivity index (χ4n) is 6.36. The van der Waals surface area contributed by atoms with E-state index >= 15 is 0 Å². The summed E-state index contributed by atoms with van der Waals surface area (Å²) in [5, 5.41) is 54.8. The maximum atomic E-state index is 14.3. The van der Waals surface area contributed by atoms with Gasteiger partial charge in [-0.3, -0.25) is 4.79 Å². The number of phenols is 1. The Morgan fingerprint density at radius 2 is 1.02 bits per heavy atom. The molecule has 0 amide bonds. The first-order chi connectivity index (χ1) is 24.0. The first-order valence-corrected chi connectivity index (χ1v) is 15.1. The van der Waals surface area contributed by atoms with E-state index in [0.717, 1.165) is 16.3 Å². The summed E-state index contributed by atoms with van der Waals surface area (Å²) < 4.78 is 6.30. The summed E-state index contributed by atoms with van der Waals surface area (Å²) in [6.45, 7) is 0. The number of hydrogen-bond acceptors (Lipinski definition) is 7. The van der Waals surface area contributed by atoms with Crippen molar-refractivity contribution in [3.63, 3.8) is 0 Å². The van der Waals surface area contributed by atoms with Crippen molar-refractivity contribution in [2.45, 2.75) is 0 Å². The van der Waals surface area contributed by atoms with Crippen LogP contribution in [0, 0.1) is 45.3 Å². The van der Waals surface area contributed by atoms with Gasteiger partial charge in [-0.15, -0.1) is 0 Å². The van der Waals surface area contributed by atoms with Gasteiger partial charge in [0.15, 0.2) is 0 Å². The number of carbonyl (C=O) groups excluding carboxylic acids is 1. The maximum absolute atomic E-state index is 14.3. The molecule has 228 valence electrons. The number of carbonyl (C=O) groups is 1. The Morgan fingerprint density at radius 1 is 0.571 bits per heavy atom. The van der Waals surface area contributed by atoms with E-state index < -0.39 is 22.7 Å². The van der Waals surface area contributed by atoms with Crippen LogP contribution in [0.1, 0.15) is 32.6 Å². The van der Waals surface area contributed by atoms with Crippen LogP contribution < -0.4 is 4.74 Å². The van der Waals surface area contributed by atoms with Crippen molar-refractivity contribution >= 4 is 27.5 Å². The Kier molecular flexibility index (Phi) is 7.56. The van der Waals surface area contributed by atoms with Crippen LogP contribution >= 0.6 is 0 Å². The Morgan fingerprint density at radius 3 is 1.53 bits per heavy atom. The minimum Gasteiger partial charge on any atom is -0.507 e. The standard InChI is InChI=1S/C42H21N4O3/c43-21-33-34(22-44)36(24-46)37(35(33)23-45)42(48)49-41-32(26-13-5-2-6-14-26)20-28-16-8-10-18-30(28)39(41)38-29-17-9-7-15-27(29)19-31(40(38)47)25-11-3-1-4-12-25/h1-20,47H/q-1. The molecule has 0 aliphatic carbocycles. The smallest absolute Gasteiger partial charge is 0.310 e. The van der Waals surface area contributed by atoms with E-state index in [4.69, 9.17) is 4.74 Å². The molecule has 0 saturated carbocycles. The van der Waals surface area contributed by atoms with Crippen molar-refractivity contribution in [3.8, 4) is 69.2 Å². The predicted octanol–water partition coefficient (Wildman–Crippen LogP) is 9.12. The largest absolute Gasteiger partial charge is 0.507 e. The monoisotopic (exact) mass is 629 g/mol. The number of aromatic hydroxyl groups is 1. The lowest BCUT2D eigenvalue weighted by atomic mass is 9.86. The molecule has 0 heterocycles. The highest BCUT2D eigenvalue weighted by atomic mass is 16.5. The quantitative estimate of drug-likeness (QED) is 0.114. The van der Waals surface area contributed by atoms with Crippen molar-refractivity contribution in [2.75, 3.05) is 0 Å². The SMILES string of the molecule is N#Cc1c(C#N)c(C#N)[c-](C(=O)Oc2c(-c3ccccc3)cc3ccccc3c2-c2c(O)c(-c3ccccc3)cc3ccccc23)c1C#N. The lowest BCUT2D eigenvalue weighted by Gasteiger charge is -2.22. The minimum absolute atomic E-state index is 0.0418. The third kappa shape index (κ3) is 4.89. The third-order valence-electron chi connectivity index (χ3n) is 8.54. The molecule has 7 aromatic carbocycles. The van der Waals surface area contributed by atoms with Crippen LogP contribution in [0.4, 0.5) is 0 Å². The molecule has 7 aromatic rings. The molecule has 0 aromatic heterocycles. The molecule has 0 spiro atoms. The van der Waals surface area contributed by atoms with Gasteiger partial charge in [-0.25, -0.2) is 21.0 Å². The van der Waals surface area contributed by atoms with Crippen molar-refractivity contribution in [3.05, 3.63) is 149 Å². The normalized spacial score (nSPS) is 10.5. The van der Waals surface area contributed by atoms with Gasteiger partial charge in [-0.1, -0.05) is 109 Å². The number of nitriles is 4. The summed E-state index contributed by atoms with van der Waals surface area (Å²) in [5.41, 5.74) is 1.32. The molecular weight excluding hydrogens is 608 g/mol. The van der Waals surface area contributed by atoms with Crippen molar-refractivity contribution < 1.29 is 14.6 Å². The zero-order chi connectivity index (χ0) is 34.1. The molecule has 0 atom stereocenters. The molecule has 0 aliphatic heterocycles. The number of rotatable bonds is 5. The zero-order valence-corrected chi connectivity index (χ0v) is 25.6. The molecule has 7 nitrogen and oxygen atoms in total. The van der Waals surface area contributed by atoms with Gasteiger partial charge in [0.1, 0.15) is 11.5 Å². The van der Waals surface area contributed by atoms with E-state index in [1.165, 1.54) is 0 Å². The summed E-state index contributed by atoms with van der Waals surface area (Å²) in [5.74, 6) is -1.07. The van der Waals surface area contributed by atoms with Crippen LogP contribution in [0.2, 0.25) is 0 Å². The fraction of sp³-hybridized carbons (Fsp3) is 0. The second kappa shape index (κ2) is 12.3. The highest BCUT2D eigenvalue weighted by molar-refractivity contribution is 6.15. The number of nitrogens with zero attached hydrogens (tertiary/aromatic N) is 4. The molecule has 0 fully saturated rings. The Balaban J connectivity index is 1.62. The van der Waals surface area contributed by atoms with Gasteiger partial charge in [-0.2, -0.15) is 0 Å². The summed E-state index contributed by atoms with van der Waals surface area (Å²) in [7, 11) is 0. The Bertz CT molecular complexity index is 2600. The molecule has 7 heteroatoms. The fourth-order valence-corrected chi connectivity index (χ4v) is 6.36. The molecule has 0 unspecified atom stereocenters. The second-order valence-electron chi connectivity index (χ2n) is 11.2. The van der Waals surface area contributed by atoms with Crippen LogP contribution in [-0.4, -0.2) is 11.1 Å². The molecule has 0 bridgehead atoms. The number of hydrogen-bond donors (Lipinski definition) is 1. The van der Waals surface area contributed by atoms with Crippen molar-refractivity contribution in [1.29, 1.82) is 21.0 Å². The number of fused-ring (bicyclic) bond motifs is 2. The minimum atomic E-state index is -1.09. The lowest BCUT2D eigenvalue weighted by molar-refractivity contribution is 0.0736. The van der Waals surface area contributed by atoms with Crippen LogP contribution in [0.25, 0.3) is 54.9 Å². The lowest BCUT2D eigenvalue weighted by Crippen LogP contribution is -2.13. The summed E-state index contributed by atoms with van der Waals surface area (Å²) >= 11 is 0. The van der Waals surface area contributed by atoms with E-state index in [-0.39, 0.29) is 22.6 Å². The zero-order valence-electron chi connectivity index (χ0n) is 25.6. The highest BCUT2D eigenvalue weighted by Gasteiger charge is 2.28. The molecule has 0 radical (unpaired) electrons. The maximum Gasteiger partial charge on any atom is 0.310 e. The van der Waals surface area contributed by atoms with E-state index in [1.54, 1.807) is 12.1 Å². The molecule has 7 rings (SSSR count). The van der Waals surface area contributed by atoms with E-state index in [2.05, 4.69) is 0 Å². The molecule has 1 N–H and O–H groups in total. The first kappa shape index (κ1) is 30.1. The number of benzene rings is 6. The molecular formula is C42H21N4O3-. The van der Waals surface area contributed by atoms with Gasteiger partial charge >= 0.3 is 5.97 Å². The van der Waals surface area contributed by atoms with Gasteiger partial charge in [-0.05, 0) is 79.2 Å². The number of phenolic OH excluding ortho intramolecular Hbond substituents is 1. The number of ether oxygens (including phenoxy) is 1. The molecule has 0 saturated heterocycles. The molecule has 0 aliphatic rings. The van der Waals surface area contributed by atoms with Crippen molar-refractivity contribution in [1.82, 2.24) is 0 Å². The van der Waals surface area contributed by atoms with Gasteiger partial charge in [0.05, 0.1) is 12.1 Å². The van der Waals surface area contributed by atoms with E-state index in [1.807, 2.05) is 133 Å². The van der Waals surface area contributed by atoms with Crippen LogP contribution in [-0.2, 0) is 0 Å². The predicted molar refractivity (Wildman–Crippen MR) is 185 cm³/mol.